The molecule has 4 N–H and O–H groups in total. The molecule has 0 bridgehead atoms. The quantitative estimate of drug-likeness (QED) is 0.539. The van der Waals surface area contributed by atoms with Gasteiger partial charge < -0.3 is 25.1 Å². The van der Waals surface area contributed by atoms with Crippen molar-refractivity contribution in [3.05, 3.63) is 34.7 Å². The number of quaternary nitrogens is 1. The monoisotopic (exact) mass is 304 g/mol. The highest BCUT2D eigenvalue weighted by molar-refractivity contribution is 5.95. The number of para-hydroxylation sites is 1. The van der Waals surface area contributed by atoms with Gasteiger partial charge in [-0.15, -0.1) is 0 Å². The Hall–Kier alpha value is -2.05. The molecule has 2 heterocycles. The fourth-order valence-corrected chi connectivity index (χ4v) is 2.82. The first-order chi connectivity index (χ1) is 10.8. The first-order valence-electron chi connectivity index (χ1n) is 7.72. The van der Waals surface area contributed by atoms with E-state index in [-0.39, 0.29) is 5.69 Å². The van der Waals surface area contributed by atoms with E-state index in [1.807, 2.05) is 18.2 Å². The summed E-state index contributed by atoms with van der Waals surface area (Å²) in [5.41, 5.74) is 6.79. The molecule has 1 fully saturated rings. The topological polar surface area (TPSA) is 81.9 Å². The van der Waals surface area contributed by atoms with Gasteiger partial charge in [0.1, 0.15) is 24.4 Å². The van der Waals surface area contributed by atoms with Crippen LogP contribution in [0.15, 0.2) is 33.5 Å². The number of hydrogen-bond donors (Lipinski definition) is 3. The van der Waals surface area contributed by atoms with Gasteiger partial charge in [0, 0.05) is 18.4 Å². The lowest BCUT2D eigenvalue weighted by atomic mass is 10.2. The summed E-state index contributed by atoms with van der Waals surface area (Å²) in [6, 6.07) is 7.43. The number of ether oxygens (including phenoxy) is 1. The van der Waals surface area contributed by atoms with Gasteiger partial charge in [-0.3, -0.25) is 0 Å². The van der Waals surface area contributed by atoms with Crippen molar-refractivity contribution in [2.24, 2.45) is 0 Å². The fraction of sp³-hybridized carbons (Fsp3) is 0.438. The Bertz CT molecular complexity index is 693. The minimum atomic E-state index is -0.486. The molecule has 1 saturated heterocycles. The van der Waals surface area contributed by atoms with Gasteiger partial charge in [-0.05, 0) is 12.1 Å². The zero-order valence-electron chi connectivity index (χ0n) is 12.6. The van der Waals surface area contributed by atoms with Crippen LogP contribution in [0.2, 0.25) is 0 Å². The van der Waals surface area contributed by atoms with Gasteiger partial charge in [-0.25, -0.2) is 4.79 Å². The standard InChI is InChI=1S/C16H21N3O3/c17-14-15(12-4-1-2-5-13(12)22-16(14)20)18-6-3-7-19-8-10-21-11-9-19/h1-2,4-5,18H,3,6-11,17H2/p+1. The molecule has 0 unspecified atom stereocenters. The molecule has 118 valence electrons. The molecule has 0 spiro atoms. The molecule has 0 amide bonds. The van der Waals surface area contributed by atoms with Crippen LogP contribution in [-0.2, 0) is 4.74 Å². The number of nitrogen functional groups attached to an aromatic ring is 1. The van der Waals surface area contributed by atoms with E-state index in [1.165, 1.54) is 0 Å². The SMILES string of the molecule is Nc1c(NCCC[NH+]2CCOCC2)c2ccccc2oc1=O. The third-order valence-corrected chi connectivity index (χ3v) is 4.06. The molecule has 22 heavy (non-hydrogen) atoms. The Labute approximate surface area is 128 Å². The molecule has 1 aromatic carbocycles. The molecular weight excluding hydrogens is 282 g/mol. The van der Waals surface area contributed by atoms with Crippen LogP contribution in [0.25, 0.3) is 11.0 Å². The van der Waals surface area contributed by atoms with Crippen LogP contribution < -0.4 is 21.6 Å². The fourth-order valence-electron chi connectivity index (χ4n) is 2.82. The van der Waals surface area contributed by atoms with E-state index in [9.17, 15) is 4.79 Å². The molecular formula is C16H22N3O3+. The maximum Gasteiger partial charge on any atom is 0.361 e. The summed E-state index contributed by atoms with van der Waals surface area (Å²) in [5, 5.41) is 4.15. The number of rotatable bonds is 5. The number of nitrogens with two attached hydrogens (primary N) is 1. The normalized spacial score (nSPS) is 16.0. The van der Waals surface area contributed by atoms with E-state index in [0.29, 0.717) is 11.3 Å². The van der Waals surface area contributed by atoms with Crippen molar-refractivity contribution in [3.63, 3.8) is 0 Å². The van der Waals surface area contributed by atoms with Crippen LogP contribution in [0.4, 0.5) is 11.4 Å². The van der Waals surface area contributed by atoms with Gasteiger partial charge in [0.25, 0.3) is 0 Å². The number of anilines is 2. The van der Waals surface area contributed by atoms with Crippen molar-refractivity contribution in [1.82, 2.24) is 0 Å². The number of fused-ring (bicyclic) bond motifs is 1. The van der Waals surface area contributed by atoms with Gasteiger partial charge in [-0.1, -0.05) is 12.1 Å². The average Bonchev–Trinajstić information content (AvgIpc) is 2.55. The zero-order chi connectivity index (χ0) is 15.4. The Morgan fingerprint density at radius 2 is 2.00 bits per heavy atom. The summed E-state index contributed by atoms with van der Waals surface area (Å²) >= 11 is 0. The second-order valence-electron chi connectivity index (χ2n) is 5.57. The van der Waals surface area contributed by atoms with Crippen molar-refractivity contribution >= 4 is 22.3 Å². The van der Waals surface area contributed by atoms with Gasteiger partial charge >= 0.3 is 5.63 Å². The maximum atomic E-state index is 11.8. The van der Waals surface area contributed by atoms with Gasteiger partial charge in [0.2, 0.25) is 0 Å². The molecule has 6 heteroatoms. The predicted molar refractivity (Wildman–Crippen MR) is 86.4 cm³/mol. The number of hydrogen-bond acceptors (Lipinski definition) is 5. The highest BCUT2D eigenvalue weighted by Crippen LogP contribution is 2.26. The van der Waals surface area contributed by atoms with Crippen LogP contribution >= 0.6 is 0 Å². The van der Waals surface area contributed by atoms with Crippen molar-refractivity contribution in [1.29, 1.82) is 0 Å². The van der Waals surface area contributed by atoms with Crippen LogP contribution in [0.3, 0.4) is 0 Å². The van der Waals surface area contributed by atoms with E-state index >= 15 is 0 Å². The third kappa shape index (κ3) is 3.23. The van der Waals surface area contributed by atoms with E-state index in [4.69, 9.17) is 14.9 Å². The lowest BCUT2D eigenvalue weighted by molar-refractivity contribution is -0.908. The number of benzene rings is 1. The maximum absolute atomic E-state index is 11.8. The Morgan fingerprint density at radius 1 is 1.23 bits per heavy atom. The van der Waals surface area contributed by atoms with Gasteiger partial charge in [-0.2, -0.15) is 0 Å². The molecule has 0 saturated carbocycles. The van der Waals surface area contributed by atoms with E-state index < -0.39 is 5.63 Å². The summed E-state index contributed by atoms with van der Waals surface area (Å²) in [5.74, 6) is 0. The molecule has 0 radical (unpaired) electrons. The van der Waals surface area contributed by atoms with Crippen LogP contribution in [0.1, 0.15) is 6.42 Å². The largest absolute Gasteiger partial charge is 0.421 e. The number of morpholine rings is 1. The molecule has 0 aliphatic carbocycles. The average molecular weight is 304 g/mol. The highest BCUT2D eigenvalue weighted by Gasteiger charge is 2.14. The van der Waals surface area contributed by atoms with Crippen molar-refractivity contribution in [2.45, 2.75) is 6.42 Å². The summed E-state index contributed by atoms with van der Waals surface area (Å²) < 4.78 is 10.6. The Morgan fingerprint density at radius 3 is 2.82 bits per heavy atom. The summed E-state index contributed by atoms with van der Waals surface area (Å²) in [7, 11) is 0. The smallest absolute Gasteiger partial charge is 0.361 e. The van der Waals surface area contributed by atoms with Crippen LogP contribution in [0, 0.1) is 0 Å². The third-order valence-electron chi connectivity index (χ3n) is 4.06. The minimum absolute atomic E-state index is 0.150. The molecule has 6 nitrogen and oxygen atoms in total. The first kappa shape index (κ1) is 14.9. The summed E-state index contributed by atoms with van der Waals surface area (Å²) in [6.07, 6.45) is 1.02. The predicted octanol–water partition coefficient (Wildman–Crippen LogP) is 0.0923. The van der Waals surface area contributed by atoms with E-state index in [0.717, 1.165) is 51.2 Å². The summed E-state index contributed by atoms with van der Waals surface area (Å²) in [6.45, 7) is 5.71. The Balaban J connectivity index is 1.65. The molecule has 1 aliphatic heterocycles. The molecule has 3 rings (SSSR count). The van der Waals surface area contributed by atoms with Crippen molar-refractivity contribution in [3.8, 4) is 0 Å². The lowest BCUT2D eigenvalue weighted by Gasteiger charge is -2.23. The highest BCUT2D eigenvalue weighted by atomic mass is 16.5. The first-order valence-corrected chi connectivity index (χ1v) is 7.72. The lowest BCUT2D eigenvalue weighted by Crippen LogP contribution is -3.14. The van der Waals surface area contributed by atoms with Crippen molar-refractivity contribution < 1.29 is 14.1 Å². The number of nitrogens with one attached hydrogen (secondary N) is 2. The van der Waals surface area contributed by atoms with Crippen molar-refractivity contribution in [2.75, 3.05) is 50.4 Å². The second kappa shape index (κ2) is 6.81. The molecule has 1 aliphatic rings. The second-order valence-corrected chi connectivity index (χ2v) is 5.57. The van der Waals surface area contributed by atoms with Crippen LogP contribution in [-0.4, -0.2) is 39.4 Å². The van der Waals surface area contributed by atoms with Gasteiger partial charge in [0.15, 0.2) is 0 Å². The molecule has 2 aromatic rings. The zero-order valence-corrected chi connectivity index (χ0v) is 12.6. The van der Waals surface area contributed by atoms with Crippen LogP contribution in [0.5, 0.6) is 0 Å². The molecule has 1 aromatic heterocycles. The minimum Gasteiger partial charge on any atom is -0.421 e. The Kier molecular flexibility index (Phi) is 4.60. The summed E-state index contributed by atoms with van der Waals surface area (Å²) in [4.78, 5) is 13.4. The molecule has 0 atom stereocenters. The van der Waals surface area contributed by atoms with E-state index in [2.05, 4.69) is 5.32 Å². The van der Waals surface area contributed by atoms with E-state index in [1.54, 1.807) is 11.0 Å². The van der Waals surface area contributed by atoms with Gasteiger partial charge in [0.05, 0.1) is 25.4 Å².